The zero-order valence-corrected chi connectivity index (χ0v) is 11.2. The van der Waals surface area contributed by atoms with E-state index in [-0.39, 0.29) is 12.8 Å². The number of hydrogen-bond acceptors (Lipinski definition) is 3. The summed E-state index contributed by atoms with van der Waals surface area (Å²) in [5.74, 6) is -1.48. The number of nitrogens with one attached hydrogen (secondary N) is 1. The normalized spacial score (nSPS) is 11.6. The number of carbonyl (C=O) groups excluding carboxylic acids is 1. The summed E-state index contributed by atoms with van der Waals surface area (Å²) in [5, 5.41) is 22.3. The van der Waals surface area contributed by atoms with Crippen molar-refractivity contribution in [3.8, 4) is 6.07 Å². The molecule has 21 heavy (non-hydrogen) atoms. The van der Waals surface area contributed by atoms with Crippen LogP contribution in [0.2, 0.25) is 0 Å². The van der Waals surface area contributed by atoms with E-state index in [9.17, 15) is 14.9 Å². The van der Waals surface area contributed by atoms with Crippen LogP contribution < -0.4 is 5.32 Å². The largest absolute Gasteiger partial charge is 0.481 e. The minimum absolute atomic E-state index is 0.138. The lowest BCUT2D eigenvalue weighted by Crippen LogP contribution is -2.27. The van der Waals surface area contributed by atoms with Gasteiger partial charge in [0.15, 0.2) is 0 Å². The third-order valence-corrected chi connectivity index (χ3v) is 3.11. The van der Waals surface area contributed by atoms with E-state index in [1.165, 1.54) is 0 Å². The Bertz CT molecular complexity index is 719. The van der Waals surface area contributed by atoms with E-state index >= 15 is 0 Å². The number of nitriles is 1. The highest BCUT2D eigenvalue weighted by molar-refractivity contribution is 5.84. The molecule has 106 valence electrons. The lowest BCUT2D eigenvalue weighted by atomic mass is 10.0. The standard InChI is InChI=1S/C16H14N2O3/c17-10-14(18-15(19)7-8-16(20)21)13-6-5-11-3-1-2-4-12(11)9-13/h1-6,9,14H,7-8H2,(H,18,19)(H,20,21). The van der Waals surface area contributed by atoms with Crippen LogP contribution in [-0.4, -0.2) is 17.0 Å². The minimum atomic E-state index is -1.04. The highest BCUT2D eigenvalue weighted by atomic mass is 16.4. The molecule has 0 aliphatic rings. The summed E-state index contributed by atoms with van der Waals surface area (Å²) in [6.45, 7) is 0. The van der Waals surface area contributed by atoms with Crippen LogP contribution in [0, 0.1) is 11.3 Å². The number of carbonyl (C=O) groups is 2. The number of aliphatic carboxylic acids is 1. The van der Waals surface area contributed by atoms with Gasteiger partial charge in [-0.15, -0.1) is 0 Å². The molecule has 2 N–H and O–H groups in total. The van der Waals surface area contributed by atoms with Gasteiger partial charge in [-0.1, -0.05) is 36.4 Å². The van der Waals surface area contributed by atoms with Gasteiger partial charge in [0.2, 0.25) is 5.91 Å². The molecule has 0 saturated heterocycles. The van der Waals surface area contributed by atoms with Crippen molar-refractivity contribution >= 4 is 22.6 Å². The summed E-state index contributed by atoms with van der Waals surface area (Å²) < 4.78 is 0. The van der Waals surface area contributed by atoms with Crippen molar-refractivity contribution in [3.63, 3.8) is 0 Å². The van der Waals surface area contributed by atoms with E-state index in [0.717, 1.165) is 10.8 Å². The Morgan fingerprint density at radius 1 is 1.14 bits per heavy atom. The second kappa shape index (κ2) is 6.53. The monoisotopic (exact) mass is 282 g/mol. The average molecular weight is 282 g/mol. The van der Waals surface area contributed by atoms with Crippen LogP contribution in [0.4, 0.5) is 0 Å². The van der Waals surface area contributed by atoms with Gasteiger partial charge >= 0.3 is 5.97 Å². The average Bonchev–Trinajstić information content (AvgIpc) is 2.50. The number of benzene rings is 2. The molecule has 1 amide bonds. The number of rotatable bonds is 5. The third-order valence-electron chi connectivity index (χ3n) is 3.11. The highest BCUT2D eigenvalue weighted by Gasteiger charge is 2.14. The SMILES string of the molecule is N#CC(NC(=O)CCC(=O)O)c1ccc2ccccc2c1. The first-order valence-electron chi connectivity index (χ1n) is 6.49. The quantitative estimate of drug-likeness (QED) is 0.881. The molecule has 0 aliphatic heterocycles. The van der Waals surface area contributed by atoms with Crippen LogP contribution in [0.25, 0.3) is 10.8 Å². The van der Waals surface area contributed by atoms with Crippen LogP contribution in [0.15, 0.2) is 42.5 Å². The van der Waals surface area contributed by atoms with Crippen molar-refractivity contribution in [2.45, 2.75) is 18.9 Å². The molecule has 5 heteroatoms. The first-order chi connectivity index (χ1) is 10.1. The van der Waals surface area contributed by atoms with E-state index in [0.29, 0.717) is 5.56 Å². The van der Waals surface area contributed by atoms with Crippen LogP contribution in [0.5, 0.6) is 0 Å². The number of fused-ring (bicyclic) bond motifs is 1. The van der Waals surface area contributed by atoms with E-state index in [1.54, 1.807) is 6.07 Å². The summed E-state index contributed by atoms with van der Waals surface area (Å²) in [5.41, 5.74) is 0.680. The number of amides is 1. The van der Waals surface area contributed by atoms with E-state index < -0.39 is 17.9 Å². The van der Waals surface area contributed by atoms with Crippen molar-refractivity contribution in [1.29, 1.82) is 5.26 Å². The van der Waals surface area contributed by atoms with Crippen molar-refractivity contribution in [2.24, 2.45) is 0 Å². The number of carboxylic acid groups (broad SMARTS) is 1. The van der Waals surface area contributed by atoms with Gasteiger partial charge < -0.3 is 10.4 Å². The van der Waals surface area contributed by atoms with E-state index in [1.807, 2.05) is 42.5 Å². The Balaban J connectivity index is 2.14. The maximum Gasteiger partial charge on any atom is 0.303 e. The van der Waals surface area contributed by atoms with Crippen LogP contribution >= 0.6 is 0 Å². The summed E-state index contributed by atoms with van der Waals surface area (Å²) in [7, 11) is 0. The topological polar surface area (TPSA) is 90.2 Å². The fourth-order valence-corrected chi connectivity index (χ4v) is 2.03. The minimum Gasteiger partial charge on any atom is -0.481 e. The third kappa shape index (κ3) is 3.80. The fraction of sp³-hybridized carbons (Fsp3) is 0.188. The van der Waals surface area contributed by atoms with Crippen molar-refractivity contribution in [1.82, 2.24) is 5.32 Å². The number of hydrogen-bond donors (Lipinski definition) is 2. The fourth-order valence-electron chi connectivity index (χ4n) is 2.03. The number of carboxylic acids is 1. The molecule has 0 spiro atoms. The first-order valence-corrected chi connectivity index (χ1v) is 6.49. The molecule has 1 atom stereocenters. The van der Waals surface area contributed by atoms with Crippen LogP contribution in [-0.2, 0) is 9.59 Å². The lowest BCUT2D eigenvalue weighted by molar-refractivity contribution is -0.138. The Morgan fingerprint density at radius 3 is 2.52 bits per heavy atom. The summed E-state index contributed by atoms with van der Waals surface area (Å²) >= 11 is 0. The molecule has 2 rings (SSSR count). The molecule has 0 radical (unpaired) electrons. The van der Waals surface area contributed by atoms with Gasteiger partial charge in [0.25, 0.3) is 0 Å². The van der Waals surface area contributed by atoms with Gasteiger partial charge in [-0.2, -0.15) is 5.26 Å². The molecule has 0 aliphatic carbocycles. The maximum absolute atomic E-state index is 11.6. The van der Waals surface area contributed by atoms with Crippen LogP contribution in [0.3, 0.4) is 0 Å². The predicted octanol–water partition coefficient (Wildman–Crippen LogP) is 2.39. The predicted molar refractivity (Wildman–Crippen MR) is 77.3 cm³/mol. The molecule has 5 nitrogen and oxygen atoms in total. The Kier molecular flexibility index (Phi) is 4.52. The Morgan fingerprint density at radius 2 is 1.86 bits per heavy atom. The summed E-state index contributed by atoms with van der Waals surface area (Å²) in [6.07, 6.45) is -0.386. The first kappa shape index (κ1) is 14.5. The van der Waals surface area contributed by atoms with Crippen molar-refractivity contribution < 1.29 is 14.7 Å². The molecular weight excluding hydrogens is 268 g/mol. The molecule has 1 unspecified atom stereocenters. The van der Waals surface area contributed by atoms with Gasteiger partial charge in [0.1, 0.15) is 6.04 Å². The zero-order chi connectivity index (χ0) is 15.2. The Labute approximate surface area is 121 Å². The molecule has 0 saturated carbocycles. The Hall–Kier alpha value is -2.87. The number of nitrogens with zero attached hydrogens (tertiary/aromatic N) is 1. The van der Waals surface area contributed by atoms with Gasteiger partial charge in [-0.25, -0.2) is 0 Å². The van der Waals surface area contributed by atoms with E-state index in [4.69, 9.17) is 5.11 Å². The van der Waals surface area contributed by atoms with E-state index in [2.05, 4.69) is 5.32 Å². The molecule has 0 aromatic heterocycles. The lowest BCUT2D eigenvalue weighted by Gasteiger charge is -2.12. The van der Waals surface area contributed by atoms with Gasteiger partial charge in [0.05, 0.1) is 12.5 Å². The van der Waals surface area contributed by atoms with Gasteiger partial charge in [-0.3, -0.25) is 9.59 Å². The zero-order valence-electron chi connectivity index (χ0n) is 11.2. The second-order valence-electron chi connectivity index (χ2n) is 4.63. The molecule has 2 aromatic carbocycles. The van der Waals surface area contributed by atoms with Crippen molar-refractivity contribution in [2.75, 3.05) is 0 Å². The van der Waals surface area contributed by atoms with Crippen LogP contribution in [0.1, 0.15) is 24.4 Å². The smallest absolute Gasteiger partial charge is 0.303 e. The molecule has 0 heterocycles. The molecule has 2 aromatic rings. The summed E-state index contributed by atoms with van der Waals surface area (Å²) in [6, 6.07) is 14.5. The molecule has 0 fully saturated rings. The highest BCUT2D eigenvalue weighted by Crippen LogP contribution is 2.20. The van der Waals surface area contributed by atoms with Gasteiger partial charge in [0, 0.05) is 6.42 Å². The molecular formula is C16H14N2O3. The van der Waals surface area contributed by atoms with Crippen molar-refractivity contribution in [3.05, 3.63) is 48.0 Å². The second-order valence-corrected chi connectivity index (χ2v) is 4.63. The molecule has 0 bridgehead atoms. The summed E-state index contributed by atoms with van der Waals surface area (Å²) in [4.78, 5) is 22.1. The van der Waals surface area contributed by atoms with Gasteiger partial charge in [-0.05, 0) is 22.4 Å². The maximum atomic E-state index is 11.6.